The Bertz CT molecular complexity index is 835. The first-order valence-corrected chi connectivity index (χ1v) is 6.88. The Labute approximate surface area is 127 Å². The maximum Gasteiger partial charge on any atom is 0.344 e. The fourth-order valence-corrected chi connectivity index (χ4v) is 2.24. The molecule has 6 heteroatoms. The summed E-state index contributed by atoms with van der Waals surface area (Å²) in [7, 11) is 0. The molecular weight excluding hydrogens is 282 g/mol. The zero-order valence-corrected chi connectivity index (χ0v) is 12.6. The number of ether oxygens (including phenoxy) is 1. The average Bonchev–Trinajstić information content (AvgIpc) is 2.84. The van der Waals surface area contributed by atoms with Gasteiger partial charge in [0.25, 0.3) is 0 Å². The average molecular weight is 297 g/mol. The van der Waals surface area contributed by atoms with Gasteiger partial charge in [0.1, 0.15) is 17.9 Å². The van der Waals surface area contributed by atoms with Gasteiger partial charge in [0.05, 0.1) is 28.1 Å². The molecule has 0 N–H and O–H groups in total. The van der Waals surface area contributed by atoms with Crippen molar-refractivity contribution in [3.05, 3.63) is 52.7 Å². The minimum Gasteiger partial charge on any atom is -0.455 e. The standard InChI is InChI=1S/C16H15N3O3/c1-9-14(18-13-7-5-4-6-12(13)17-9)8-21-16(20)15-10(2)19-22-11(15)3/h4-7H,8H2,1-3H3. The fourth-order valence-electron chi connectivity index (χ4n) is 2.24. The number of hydrogen-bond acceptors (Lipinski definition) is 6. The molecule has 0 spiro atoms. The van der Waals surface area contributed by atoms with Gasteiger partial charge in [-0.15, -0.1) is 0 Å². The number of aromatic nitrogens is 3. The van der Waals surface area contributed by atoms with Crippen molar-refractivity contribution in [1.29, 1.82) is 0 Å². The molecule has 0 radical (unpaired) electrons. The van der Waals surface area contributed by atoms with E-state index in [1.54, 1.807) is 13.8 Å². The molecule has 0 atom stereocenters. The Kier molecular flexibility index (Phi) is 3.58. The van der Waals surface area contributed by atoms with Gasteiger partial charge >= 0.3 is 5.97 Å². The lowest BCUT2D eigenvalue weighted by molar-refractivity contribution is 0.0464. The Morgan fingerprint density at radius 3 is 2.41 bits per heavy atom. The molecule has 3 aromatic rings. The fraction of sp³-hybridized carbons (Fsp3) is 0.250. The van der Waals surface area contributed by atoms with Crippen molar-refractivity contribution in [2.24, 2.45) is 0 Å². The van der Waals surface area contributed by atoms with Crippen LogP contribution in [0.15, 0.2) is 28.8 Å². The molecule has 3 rings (SSSR count). The minimum absolute atomic E-state index is 0.0621. The summed E-state index contributed by atoms with van der Waals surface area (Å²) < 4.78 is 10.3. The number of carbonyl (C=O) groups is 1. The number of hydrogen-bond donors (Lipinski definition) is 0. The number of benzene rings is 1. The van der Waals surface area contributed by atoms with Gasteiger partial charge in [-0.25, -0.2) is 14.8 Å². The summed E-state index contributed by atoms with van der Waals surface area (Å²) in [5.74, 6) is -0.0190. The van der Waals surface area contributed by atoms with Crippen molar-refractivity contribution >= 4 is 17.0 Å². The van der Waals surface area contributed by atoms with Gasteiger partial charge in [0.15, 0.2) is 0 Å². The molecule has 0 aliphatic heterocycles. The van der Waals surface area contributed by atoms with Gasteiger partial charge in [-0.05, 0) is 32.9 Å². The van der Waals surface area contributed by atoms with Crippen molar-refractivity contribution in [2.45, 2.75) is 27.4 Å². The molecule has 2 aromatic heterocycles. The third-order valence-electron chi connectivity index (χ3n) is 3.42. The van der Waals surface area contributed by atoms with E-state index in [1.165, 1.54) is 0 Å². The Hall–Kier alpha value is -2.76. The van der Waals surface area contributed by atoms with Crippen LogP contribution < -0.4 is 0 Å². The lowest BCUT2D eigenvalue weighted by atomic mass is 10.2. The van der Waals surface area contributed by atoms with Gasteiger partial charge in [-0.3, -0.25) is 0 Å². The summed E-state index contributed by atoms with van der Waals surface area (Å²) in [6.07, 6.45) is 0. The Balaban J connectivity index is 1.82. The van der Waals surface area contributed by atoms with E-state index < -0.39 is 5.97 Å². The molecule has 1 aromatic carbocycles. The number of carbonyl (C=O) groups excluding carboxylic acids is 1. The number of rotatable bonds is 3. The highest BCUT2D eigenvalue weighted by Crippen LogP contribution is 2.16. The monoisotopic (exact) mass is 297 g/mol. The lowest BCUT2D eigenvalue weighted by Gasteiger charge is -2.07. The van der Waals surface area contributed by atoms with E-state index in [1.807, 2.05) is 31.2 Å². The van der Waals surface area contributed by atoms with Crippen LogP contribution >= 0.6 is 0 Å². The van der Waals surface area contributed by atoms with Crippen LogP contribution in [0.4, 0.5) is 0 Å². The van der Waals surface area contributed by atoms with Gasteiger partial charge < -0.3 is 9.26 Å². The maximum absolute atomic E-state index is 12.1. The SMILES string of the molecule is Cc1nc2ccccc2nc1COC(=O)c1c(C)noc1C. The Morgan fingerprint density at radius 1 is 1.09 bits per heavy atom. The number of nitrogens with zero attached hydrogens (tertiary/aromatic N) is 3. The van der Waals surface area contributed by atoms with Crippen LogP contribution in [0.2, 0.25) is 0 Å². The summed E-state index contributed by atoms with van der Waals surface area (Å²) >= 11 is 0. The highest BCUT2D eigenvalue weighted by Gasteiger charge is 2.19. The molecule has 0 bridgehead atoms. The number of fused-ring (bicyclic) bond motifs is 1. The van der Waals surface area contributed by atoms with E-state index in [0.29, 0.717) is 22.7 Å². The molecule has 0 saturated carbocycles. The lowest BCUT2D eigenvalue weighted by Crippen LogP contribution is -2.09. The quantitative estimate of drug-likeness (QED) is 0.692. The van der Waals surface area contributed by atoms with E-state index in [-0.39, 0.29) is 6.61 Å². The summed E-state index contributed by atoms with van der Waals surface area (Å²) in [5.41, 5.74) is 3.86. The van der Waals surface area contributed by atoms with Crippen LogP contribution in [-0.2, 0) is 11.3 Å². The van der Waals surface area contributed by atoms with E-state index in [9.17, 15) is 4.79 Å². The van der Waals surface area contributed by atoms with Gasteiger partial charge in [0, 0.05) is 0 Å². The van der Waals surface area contributed by atoms with Gasteiger partial charge in [-0.1, -0.05) is 17.3 Å². The molecule has 112 valence electrons. The van der Waals surface area contributed by atoms with Crippen molar-refractivity contribution < 1.29 is 14.1 Å². The van der Waals surface area contributed by atoms with E-state index in [4.69, 9.17) is 9.26 Å². The number of esters is 1. The smallest absolute Gasteiger partial charge is 0.344 e. The third-order valence-corrected chi connectivity index (χ3v) is 3.42. The van der Waals surface area contributed by atoms with E-state index in [0.717, 1.165) is 16.7 Å². The summed E-state index contributed by atoms with van der Waals surface area (Å²) in [6.45, 7) is 5.29. The first kappa shape index (κ1) is 14.2. The van der Waals surface area contributed by atoms with E-state index in [2.05, 4.69) is 15.1 Å². The molecule has 0 unspecified atom stereocenters. The van der Waals surface area contributed by atoms with Crippen LogP contribution in [-0.4, -0.2) is 21.1 Å². The van der Waals surface area contributed by atoms with Crippen LogP contribution in [0.5, 0.6) is 0 Å². The highest BCUT2D eigenvalue weighted by atomic mass is 16.5. The zero-order valence-electron chi connectivity index (χ0n) is 12.6. The molecule has 0 saturated heterocycles. The number of aryl methyl sites for hydroxylation is 3. The normalized spacial score (nSPS) is 10.9. The van der Waals surface area contributed by atoms with Crippen LogP contribution in [0.1, 0.15) is 33.2 Å². The van der Waals surface area contributed by atoms with Crippen LogP contribution in [0.3, 0.4) is 0 Å². The second-order valence-electron chi connectivity index (χ2n) is 5.02. The first-order valence-electron chi connectivity index (χ1n) is 6.88. The predicted octanol–water partition coefficient (Wildman–Crippen LogP) is 2.90. The molecule has 0 aliphatic carbocycles. The van der Waals surface area contributed by atoms with Gasteiger partial charge in [-0.2, -0.15) is 0 Å². The van der Waals surface area contributed by atoms with E-state index >= 15 is 0 Å². The summed E-state index contributed by atoms with van der Waals surface area (Å²) in [4.78, 5) is 21.1. The van der Waals surface area contributed by atoms with Gasteiger partial charge in [0.2, 0.25) is 0 Å². The predicted molar refractivity (Wildman–Crippen MR) is 79.4 cm³/mol. The topological polar surface area (TPSA) is 78.1 Å². The van der Waals surface area contributed by atoms with Crippen molar-refractivity contribution in [2.75, 3.05) is 0 Å². The van der Waals surface area contributed by atoms with Crippen molar-refractivity contribution in [3.8, 4) is 0 Å². The molecule has 22 heavy (non-hydrogen) atoms. The molecule has 0 fully saturated rings. The summed E-state index contributed by atoms with van der Waals surface area (Å²) in [6, 6.07) is 7.58. The molecule has 0 aliphatic rings. The molecule has 2 heterocycles. The second-order valence-corrected chi connectivity index (χ2v) is 5.02. The first-order chi connectivity index (χ1) is 10.6. The van der Waals surface area contributed by atoms with Crippen molar-refractivity contribution in [1.82, 2.24) is 15.1 Å². The molecular formula is C16H15N3O3. The molecule has 0 amide bonds. The summed E-state index contributed by atoms with van der Waals surface area (Å²) in [5, 5.41) is 3.75. The maximum atomic E-state index is 12.1. The zero-order chi connectivity index (χ0) is 15.7. The third kappa shape index (κ3) is 2.55. The largest absolute Gasteiger partial charge is 0.455 e. The second kappa shape index (κ2) is 5.55. The molecule has 6 nitrogen and oxygen atoms in total. The van der Waals surface area contributed by atoms with Crippen molar-refractivity contribution in [3.63, 3.8) is 0 Å². The minimum atomic E-state index is -0.467. The number of para-hydroxylation sites is 2. The van der Waals surface area contributed by atoms with Crippen LogP contribution in [0.25, 0.3) is 11.0 Å². The Morgan fingerprint density at radius 2 is 1.77 bits per heavy atom. The van der Waals surface area contributed by atoms with Crippen LogP contribution in [0, 0.1) is 20.8 Å². The highest BCUT2D eigenvalue weighted by molar-refractivity contribution is 5.91.